The van der Waals surface area contributed by atoms with Crippen LogP contribution in [0.5, 0.6) is 0 Å². The number of carbonyl (C=O) groups is 3. The Morgan fingerprint density at radius 1 is 1.03 bits per heavy atom. The molecule has 0 heterocycles. The predicted molar refractivity (Wildman–Crippen MR) is 132 cm³/mol. The third-order valence-electron chi connectivity index (χ3n) is 6.13. The highest BCUT2D eigenvalue weighted by Crippen LogP contribution is 2.36. The van der Waals surface area contributed by atoms with Gasteiger partial charge < -0.3 is 14.8 Å². The van der Waals surface area contributed by atoms with E-state index >= 15 is 0 Å². The third kappa shape index (κ3) is 6.73. The van der Waals surface area contributed by atoms with Crippen molar-refractivity contribution in [2.45, 2.75) is 46.1 Å². The first-order valence-corrected chi connectivity index (χ1v) is 12.1. The summed E-state index contributed by atoms with van der Waals surface area (Å²) in [7, 11) is 0. The summed E-state index contributed by atoms with van der Waals surface area (Å²) in [6.45, 7) is 5.88. The zero-order valence-electron chi connectivity index (χ0n) is 19.5. The van der Waals surface area contributed by atoms with Gasteiger partial charge in [0.15, 0.2) is 6.61 Å². The largest absolute Gasteiger partial charge is 0.458 e. The second-order valence-electron chi connectivity index (χ2n) is 9.06. The molecule has 1 amide bonds. The average molecular weight is 506 g/mol. The smallest absolute Gasteiger partial charge is 0.339 e. The Labute approximate surface area is 209 Å². The third-order valence-corrected chi connectivity index (χ3v) is 6.67. The second-order valence-corrected chi connectivity index (χ2v) is 9.91. The van der Waals surface area contributed by atoms with Crippen molar-refractivity contribution in [2.24, 2.45) is 17.8 Å². The molecule has 3 atom stereocenters. The van der Waals surface area contributed by atoms with Gasteiger partial charge in [-0.1, -0.05) is 62.5 Å². The Hall–Kier alpha value is -2.57. The highest BCUT2D eigenvalue weighted by atomic mass is 35.5. The van der Waals surface area contributed by atoms with Gasteiger partial charge in [0.25, 0.3) is 5.91 Å². The van der Waals surface area contributed by atoms with Crippen LogP contribution < -0.4 is 5.32 Å². The summed E-state index contributed by atoms with van der Waals surface area (Å²) in [6, 6.07) is 10.9. The summed E-state index contributed by atoms with van der Waals surface area (Å²) >= 11 is 11.9. The standard InChI is InChI=1S/C26H29Cl2NO5/c1-15(2)18-10-8-16(3)12-23(18)34-26(32)20-7-5-4-6-19(20)25(31)33-14-24(30)29-22-11-9-17(27)13-21(22)28/h4-7,9,11,13,15-16,18,23H,8,10,12,14H2,1-3H3,(H,29,30)/t16-,18+,23+/m1/s1. The molecule has 182 valence electrons. The summed E-state index contributed by atoms with van der Waals surface area (Å²) in [5.74, 6) is -0.785. The van der Waals surface area contributed by atoms with Crippen molar-refractivity contribution >= 4 is 46.7 Å². The van der Waals surface area contributed by atoms with Crippen molar-refractivity contribution < 1.29 is 23.9 Å². The maximum absolute atomic E-state index is 13.0. The molecule has 1 aliphatic carbocycles. The minimum Gasteiger partial charge on any atom is -0.458 e. The first-order chi connectivity index (χ1) is 16.2. The van der Waals surface area contributed by atoms with Gasteiger partial charge in [-0.05, 0) is 60.9 Å². The quantitative estimate of drug-likeness (QED) is 0.439. The van der Waals surface area contributed by atoms with Crippen LogP contribution in [0.15, 0.2) is 42.5 Å². The lowest BCUT2D eigenvalue weighted by Gasteiger charge is -2.36. The molecule has 0 saturated heterocycles. The highest BCUT2D eigenvalue weighted by molar-refractivity contribution is 6.36. The van der Waals surface area contributed by atoms with Crippen molar-refractivity contribution in [2.75, 3.05) is 11.9 Å². The van der Waals surface area contributed by atoms with E-state index in [0.717, 1.165) is 19.3 Å². The molecule has 0 unspecified atom stereocenters. The summed E-state index contributed by atoms with van der Waals surface area (Å²) in [6.07, 6.45) is 2.72. The van der Waals surface area contributed by atoms with Crippen molar-refractivity contribution in [3.63, 3.8) is 0 Å². The molecule has 3 rings (SSSR count). The lowest BCUT2D eigenvalue weighted by molar-refractivity contribution is -0.119. The van der Waals surface area contributed by atoms with Gasteiger partial charge in [0, 0.05) is 5.02 Å². The van der Waals surface area contributed by atoms with E-state index in [-0.39, 0.29) is 28.2 Å². The van der Waals surface area contributed by atoms with Crippen LogP contribution >= 0.6 is 23.2 Å². The number of ether oxygens (including phenoxy) is 2. The van der Waals surface area contributed by atoms with E-state index in [4.69, 9.17) is 32.7 Å². The Balaban J connectivity index is 1.65. The Morgan fingerprint density at radius 3 is 2.35 bits per heavy atom. The fourth-order valence-corrected chi connectivity index (χ4v) is 4.73. The van der Waals surface area contributed by atoms with Crippen LogP contribution in [-0.4, -0.2) is 30.6 Å². The molecule has 2 aromatic carbocycles. The van der Waals surface area contributed by atoms with Crippen molar-refractivity contribution in [3.8, 4) is 0 Å². The Bertz CT molecular complexity index is 1060. The molecule has 1 saturated carbocycles. The number of nitrogens with one attached hydrogen (secondary N) is 1. The fraction of sp³-hybridized carbons (Fsp3) is 0.423. The Kier molecular flexibility index (Phi) is 8.97. The molecule has 0 radical (unpaired) electrons. The molecule has 0 aliphatic heterocycles. The van der Waals surface area contributed by atoms with Crippen molar-refractivity contribution in [1.29, 1.82) is 0 Å². The van der Waals surface area contributed by atoms with Gasteiger partial charge in [-0.15, -0.1) is 0 Å². The zero-order valence-corrected chi connectivity index (χ0v) is 21.0. The number of benzene rings is 2. The van der Waals surface area contributed by atoms with Gasteiger partial charge in [0.2, 0.25) is 0 Å². The van der Waals surface area contributed by atoms with E-state index in [1.54, 1.807) is 24.3 Å². The molecule has 1 aliphatic rings. The molecule has 8 heteroatoms. The lowest BCUT2D eigenvalue weighted by Crippen LogP contribution is -2.36. The van der Waals surface area contributed by atoms with E-state index in [2.05, 4.69) is 26.1 Å². The number of hydrogen-bond donors (Lipinski definition) is 1. The lowest BCUT2D eigenvalue weighted by atomic mass is 9.75. The maximum atomic E-state index is 13.0. The minimum atomic E-state index is -0.790. The molecular weight excluding hydrogens is 477 g/mol. The number of amides is 1. The predicted octanol–water partition coefficient (Wildman–Crippen LogP) is 6.41. The van der Waals surface area contributed by atoms with Crippen LogP contribution in [0.25, 0.3) is 0 Å². The number of halogens is 2. The van der Waals surface area contributed by atoms with Gasteiger partial charge in [-0.2, -0.15) is 0 Å². The topological polar surface area (TPSA) is 81.7 Å². The molecule has 6 nitrogen and oxygen atoms in total. The highest BCUT2D eigenvalue weighted by Gasteiger charge is 2.34. The van der Waals surface area contributed by atoms with Crippen molar-refractivity contribution in [3.05, 3.63) is 63.6 Å². The van der Waals surface area contributed by atoms with Crippen LogP contribution in [0.2, 0.25) is 10.0 Å². The number of hydrogen-bond acceptors (Lipinski definition) is 5. The summed E-state index contributed by atoms with van der Waals surface area (Å²) in [5.41, 5.74) is 0.515. The van der Waals surface area contributed by atoms with Crippen molar-refractivity contribution in [1.82, 2.24) is 0 Å². The number of esters is 2. The van der Waals surface area contributed by atoms with E-state index < -0.39 is 24.5 Å². The first-order valence-electron chi connectivity index (χ1n) is 11.4. The summed E-state index contributed by atoms with van der Waals surface area (Å²) in [4.78, 5) is 38.0. The molecule has 1 fully saturated rings. The average Bonchev–Trinajstić information content (AvgIpc) is 2.79. The normalized spacial score (nSPS) is 20.0. The summed E-state index contributed by atoms with van der Waals surface area (Å²) in [5, 5.41) is 3.25. The molecule has 0 aromatic heterocycles. The number of carbonyl (C=O) groups excluding carboxylic acids is 3. The van der Waals surface area contributed by atoms with Gasteiger partial charge in [0.1, 0.15) is 6.10 Å². The van der Waals surface area contributed by atoms with Crippen LogP contribution in [-0.2, 0) is 14.3 Å². The van der Waals surface area contributed by atoms with Crippen LogP contribution in [0.4, 0.5) is 5.69 Å². The van der Waals surface area contributed by atoms with Gasteiger partial charge in [-0.3, -0.25) is 4.79 Å². The van der Waals surface area contributed by atoms with Gasteiger partial charge >= 0.3 is 11.9 Å². The van der Waals surface area contributed by atoms with Crippen LogP contribution in [0, 0.1) is 17.8 Å². The number of rotatable bonds is 7. The zero-order chi connectivity index (χ0) is 24.8. The minimum absolute atomic E-state index is 0.0507. The monoisotopic (exact) mass is 505 g/mol. The SMILES string of the molecule is CC(C)[C@@H]1CC[C@@H](C)C[C@@H]1OC(=O)c1ccccc1C(=O)OCC(=O)Nc1ccc(Cl)cc1Cl. The Morgan fingerprint density at radius 2 is 1.71 bits per heavy atom. The van der Waals surface area contributed by atoms with E-state index in [9.17, 15) is 14.4 Å². The van der Waals surface area contributed by atoms with Gasteiger partial charge in [0.05, 0.1) is 21.8 Å². The molecule has 2 aromatic rings. The molecule has 0 spiro atoms. The molecule has 0 bridgehead atoms. The first kappa shape index (κ1) is 26.0. The molecular formula is C26H29Cl2NO5. The van der Waals surface area contributed by atoms with E-state index in [1.807, 2.05) is 0 Å². The van der Waals surface area contributed by atoms with E-state index in [0.29, 0.717) is 22.5 Å². The van der Waals surface area contributed by atoms with Gasteiger partial charge in [-0.25, -0.2) is 9.59 Å². The molecule has 1 N–H and O–H groups in total. The van der Waals surface area contributed by atoms with Crippen LogP contribution in [0.3, 0.4) is 0 Å². The molecule has 34 heavy (non-hydrogen) atoms. The fourth-order valence-electron chi connectivity index (χ4n) is 4.28. The maximum Gasteiger partial charge on any atom is 0.339 e. The van der Waals surface area contributed by atoms with Crippen LogP contribution in [0.1, 0.15) is 60.7 Å². The summed E-state index contributed by atoms with van der Waals surface area (Å²) < 4.78 is 11.0. The van der Waals surface area contributed by atoms with E-state index in [1.165, 1.54) is 18.2 Å². The number of anilines is 1. The second kappa shape index (κ2) is 11.7.